The number of imidazole rings is 2. The summed E-state index contributed by atoms with van der Waals surface area (Å²) in [5.74, 6) is 1.55. The van der Waals surface area contributed by atoms with Gasteiger partial charge in [-0.25, -0.2) is 14.8 Å². The van der Waals surface area contributed by atoms with Gasteiger partial charge in [0.25, 0.3) is 0 Å². The molecular formula is C43H48N8O4. The number of carbonyl (C=O) groups excluding carboxylic acids is 2. The monoisotopic (exact) mass is 740 g/mol. The van der Waals surface area contributed by atoms with Crippen LogP contribution in [0.1, 0.15) is 81.3 Å². The molecule has 3 aliphatic heterocycles. The highest BCUT2D eigenvalue weighted by Gasteiger charge is 2.43. The van der Waals surface area contributed by atoms with Crippen LogP contribution in [-0.2, 0) is 9.59 Å². The molecular weight excluding hydrogens is 693 g/mol. The number of likely N-dealkylation sites (N-methyl/N-ethyl adjacent to an activating group) is 1. The molecule has 5 heterocycles. The van der Waals surface area contributed by atoms with Crippen LogP contribution in [0, 0.1) is 0 Å². The van der Waals surface area contributed by atoms with Crippen LogP contribution >= 0.6 is 0 Å². The first-order chi connectivity index (χ1) is 26.8. The maximum Gasteiger partial charge on any atom is 0.407 e. The van der Waals surface area contributed by atoms with E-state index in [2.05, 4.69) is 94.4 Å². The van der Waals surface area contributed by atoms with Gasteiger partial charge in [-0.1, -0.05) is 92.7 Å². The zero-order valence-corrected chi connectivity index (χ0v) is 31.4. The molecule has 3 fully saturated rings. The molecule has 2 aromatic heterocycles. The zero-order valence-electron chi connectivity index (χ0n) is 31.4. The minimum absolute atomic E-state index is 0.0940. The van der Waals surface area contributed by atoms with Gasteiger partial charge in [-0.15, -0.1) is 0 Å². The molecule has 3 amide bonds. The molecule has 8 rings (SSSR count). The van der Waals surface area contributed by atoms with Crippen molar-refractivity contribution in [3.63, 3.8) is 0 Å². The first-order valence-corrected chi connectivity index (χ1v) is 19.5. The predicted octanol–water partition coefficient (Wildman–Crippen LogP) is 7.30. The zero-order chi connectivity index (χ0) is 38.1. The number of benzene rings is 3. The van der Waals surface area contributed by atoms with Gasteiger partial charge >= 0.3 is 6.09 Å². The third-order valence-corrected chi connectivity index (χ3v) is 11.7. The van der Waals surface area contributed by atoms with Crippen molar-refractivity contribution in [1.82, 2.24) is 39.5 Å². The molecule has 12 heteroatoms. The number of hydrogen-bond donors (Lipinski definition) is 3. The topological polar surface area (TPSA) is 142 Å². The Morgan fingerprint density at radius 1 is 0.691 bits per heavy atom. The molecule has 284 valence electrons. The van der Waals surface area contributed by atoms with Crippen LogP contribution in [-0.4, -0.2) is 101 Å². The van der Waals surface area contributed by atoms with Crippen molar-refractivity contribution < 1.29 is 19.5 Å². The molecule has 0 radical (unpaired) electrons. The van der Waals surface area contributed by atoms with Crippen molar-refractivity contribution in [2.75, 3.05) is 32.7 Å². The van der Waals surface area contributed by atoms with Crippen LogP contribution in [0.2, 0.25) is 0 Å². The second kappa shape index (κ2) is 15.5. The fourth-order valence-electron chi connectivity index (χ4n) is 8.57. The minimum Gasteiger partial charge on any atom is -0.465 e. The highest BCUT2D eigenvalue weighted by Crippen LogP contribution is 2.37. The summed E-state index contributed by atoms with van der Waals surface area (Å²) in [6, 6.07) is 25.6. The Morgan fingerprint density at radius 2 is 1.20 bits per heavy atom. The maximum atomic E-state index is 14.2. The number of carboxylic acid groups (broad SMARTS) is 1. The molecule has 3 saturated heterocycles. The molecule has 0 aliphatic carbocycles. The van der Waals surface area contributed by atoms with Crippen molar-refractivity contribution in [2.45, 2.75) is 70.1 Å². The van der Waals surface area contributed by atoms with Crippen molar-refractivity contribution >= 4 is 17.9 Å². The Hall–Kier alpha value is -5.75. The van der Waals surface area contributed by atoms with Crippen molar-refractivity contribution in [2.24, 2.45) is 0 Å². The van der Waals surface area contributed by atoms with Crippen molar-refractivity contribution in [1.29, 1.82) is 0 Å². The van der Waals surface area contributed by atoms with Gasteiger partial charge in [-0.2, -0.15) is 0 Å². The molecule has 0 bridgehead atoms. The lowest BCUT2D eigenvalue weighted by molar-refractivity contribution is -0.141. The third kappa shape index (κ3) is 7.02. The molecule has 0 spiro atoms. The Labute approximate surface area is 321 Å². The van der Waals surface area contributed by atoms with Crippen LogP contribution in [0.4, 0.5) is 4.79 Å². The van der Waals surface area contributed by atoms with Gasteiger partial charge in [-0.3, -0.25) is 19.4 Å². The number of aromatic nitrogens is 4. The SMILES string of the molecule is CCN(CC)[C@@H](C(=O)N1CCC[C@H]1c1ncc(-c2ccc(-c3ccc(-c4cnc([C@@H]5CCCN5C(=O)C5CCN5C(=O)O)[nH]4)cc3)cc2)[nH]1)c1ccccc1. The van der Waals surface area contributed by atoms with E-state index in [4.69, 9.17) is 4.98 Å². The van der Waals surface area contributed by atoms with E-state index in [-0.39, 0.29) is 29.9 Å². The van der Waals surface area contributed by atoms with Crippen LogP contribution < -0.4 is 0 Å². The minimum atomic E-state index is -1.04. The number of carbonyl (C=O) groups is 3. The number of nitrogens with one attached hydrogen (secondary N) is 2. The number of rotatable bonds is 11. The van der Waals surface area contributed by atoms with Crippen LogP contribution in [0.25, 0.3) is 33.6 Å². The summed E-state index contributed by atoms with van der Waals surface area (Å²) in [4.78, 5) is 62.6. The third-order valence-electron chi connectivity index (χ3n) is 11.7. The fourth-order valence-corrected chi connectivity index (χ4v) is 8.57. The van der Waals surface area contributed by atoms with E-state index in [1.54, 1.807) is 11.1 Å². The van der Waals surface area contributed by atoms with Gasteiger partial charge in [0.1, 0.15) is 23.7 Å². The molecule has 3 N–H and O–H groups in total. The van der Waals surface area contributed by atoms with Crippen LogP contribution in [0.5, 0.6) is 0 Å². The fraction of sp³-hybridized carbons (Fsp3) is 0.372. The Morgan fingerprint density at radius 3 is 1.69 bits per heavy atom. The molecule has 1 unspecified atom stereocenters. The average Bonchev–Trinajstić information content (AvgIpc) is 4.03. The van der Waals surface area contributed by atoms with E-state index in [0.717, 1.165) is 96.2 Å². The molecule has 0 saturated carbocycles. The molecule has 4 atom stereocenters. The maximum absolute atomic E-state index is 14.2. The van der Waals surface area contributed by atoms with Gasteiger partial charge in [0, 0.05) is 19.6 Å². The Balaban J connectivity index is 0.928. The lowest BCUT2D eigenvalue weighted by Crippen LogP contribution is -2.58. The molecule has 12 nitrogen and oxygen atoms in total. The number of amides is 3. The van der Waals surface area contributed by atoms with Gasteiger partial charge in [0.15, 0.2) is 0 Å². The average molecular weight is 741 g/mol. The normalized spacial score (nSPS) is 20.2. The number of hydrogen-bond acceptors (Lipinski definition) is 6. The summed E-state index contributed by atoms with van der Waals surface area (Å²) in [5.41, 5.74) is 6.99. The largest absolute Gasteiger partial charge is 0.465 e. The van der Waals surface area contributed by atoms with E-state index < -0.39 is 12.1 Å². The summed E-state index contributed by atoms with van der Waals surface area (Å²) in [6.07, 6.45) is 6.66. The lowest BCUT2D eigenvalue weighted by Gasteiger charge is -2.40. The van der Waals surface area contributed by atoms with E-state index in [9.17, 15) is 19.5 Å². The Kier molecular flexibility index (Phi) is 10.2. The Bertz CT molecular complexity index is 2130. The smallest absolute Gasteiger partial charge is 0.407 e. The first kappa shape index (κ1) is 36.2. The standard InChI is InChI=1S/C43H48N8O4/c1-3-48(4-2)38(32-10-6-5-7-11-32)42(53)50-24-9-13-36(50)40-45-27-34(47-40)31-20-16-29(17-21-31)28-14-18-30(19-15-28)33-26-44-39(46-33)35-12-8-23-49(35)41(52)37-22-25-51(37)43(54)55/h5-7,10-11,14-21,26-27,35-38H,3-4,8-9,12-13,22-25H2,1-2H3,(H,44,46)(H,45,47)(H,54,55)/t35-,36-,37?,38+/m0/s1. The second-order valence-electron chi connectivity index (χ2n) is 14.7. The first-order valence-electron chi connectivity index (χ1n) is 19.5. The summed E-state index contributed by atoms with van der Waals surface area (Å²) < 4.78 is 0. The quantitative estimate of drug-likeness (QED) is 0.129. The van der Waals surface area contributed by atoms with Crippen LogP contribution in [0.3, 0.4) is 0 Å². The number of aromatic amines is 2. The second-order valence-corrected chi connectivity index (χ2v) is 14.7. The summed E-state index contributed by atoms with van der Waals surface area (Å²) in [6.45, 7) is 7.52. The molecule has 3 aliphatic rings. The van der Waals surface area contributed by atoms with Gasteiger partial charge in [0.2, 0.25) is 11.8 Å². The van der Waals surface area contributed by atoms with E-state index >= 15 is 0 Å². The van der Waals surface area contributed by atoms with Gasteiger partial charge in [0.05, 0.1) is 35.9 Å². The summed E-state index contributed by atoms with van der Waals surface area (Å²) in [7, 11) is 0. The van der Waals surface area contributed by atoms with Crippen LogP contribution in [0.15, 0.2) is 91.3 Å². The number of likely N-dealkylation sites (tertiary alicyclic amines) is 3. The highest BCUT2D eigenvalue weighted by atomic mass is 16.4. The molecule has 3 aromatic carbocycles. The van der Waals surface area contributed by atoms with E-state index in [1.807, 2.05) is 29.3 Å². The van der Waals surface area contributed by atoms with Crippen molar-refractivity contribution in [3.8, 4) is 33.6 Å². The lowest BCUT2D eigenvalue weighted by atomic mass is 10.0. The van der Waals surface area contributed by atoms with Crippen molar-refractivity contribution in [3.05, 3.63) is 108 Å². The van der Waals surface area contributed by atoms with Gasteiger partial charge < -0.3 is 24.9 Å². The van der Waals surface area contributed by atoms with E-state index in [0.29, 0.717) is 19.5 Å². The van der Waals surface area contributed by atoms with Gasteiger partial charge in [-0.05, 0) is 73.0 Å². The number of H-pyrrole nitrogens is 2. The number of nitrogens with zero attached hydrogens (tertiary/aromatic N) is 6. The summed E-state index contributed by atoms with van der Waals surface area (Å²) >= 11 is 0. The predicted molar refractivity (Wildman–Crippen MR) is 210 cm³/mol. The molecule has 55 heavy (non-hydrogen) atoms. The molecule has 5 aromatic rings. The highest BCUT2D eigenvalue weighted by molar-refractivity contribution is 5.87. The summed E-state index contributed by atoms with van der Waals surface area (Å²) in [5, 5.41) is 9.40. The van der Waals surface area contributed by atoms with E-state index in [1.165, 1.54) is 4.90 Å².